The number of hydrogen-bond donors (Lipinski definition) is 1. The molecular weight excluding hydrogens is 174 g/mol. The summed E-state index contributed by atoms with van der Waals surface area (Å²) in [4.78, 5) is 4.23. The Balaban J connectivity index is 2.10. The number of fused-ring (bicyclic) bond motifs is 1. The maximum atomic E-state index is 4.23. The zero-order valence-corrected chi connectivity index (χ0v) is 8.40. The fraction of sp³-hybridized carbons (Fsp3) is 0.364. The Hall–Kier alpha value is -1.51. The lowest BCUT2D eigenvalue weighted by Gasteiger charge is -2.05. The summed E-state index contributed by atoms with van der Waals surface area (Å²) in [5.74, 6) is 0. The summed E-state index contributed by atoms with van der Waals surface area (Å²) in [5, 5.41) is 3.37. The van der Waals surface area contributed by atoms with Crippen LogP contribution in [0.5, 0.6) is 0 Å². The van der Waals surface area contributed by atoms with Crippen LogP contribution in [-0.2, 0) is 0 Å². The highest BCUT2D eigenvalue weighted by molar-refractivity contribution is 5.54. The molecule has 0 unspecified atom stereocenters. The van der Waals surface area contributed by atoms with Crippen molar-refractivity contribution in [2.75, 3.05) is 11.9 Å². The molecule has 0 aliphatic heterocycles. The molecule has 0 amide bonds. The summed E-state index contributed by atoms with van der Waals surface area (Å²) in [6.07, 6.45) is 8.21. The van der Waals surface area contributed by atoms with E-state index in [4.69, 9.17) is 0 Å². The highest BCUT2D eigenvalue weighted by Crippen LogP contribution is 2.10. The first-order valence-corrected chi connectivity index (χ1v) is 5.07. The van der Waals surface area contributed by atoms with Crippen LogP contribution >= 0.6 is 0 Å². The summed E-state index contributed by atoms with van der Waals surface area (Å²) >= 11 is 0. The number of anilines is 1. The molecule has 0 saturated carbocycles. The highest BCUT2D eigenvalue weighted by atomic mass is 15.0. The molecule has 1 N–H and O–H groups in total. The van der Waals surface area contributed by atoms with E-state index in [9.17, 15) is 0 Å². The minimum Gasteiger partial charge on any atom is -0.385 e. The second kappa shape index (κ2) is 4.13. The molecule has 0 fully saturated rings. The van der Waals surface area contributed by atoms with Gasteiger partial charge in [0.2, 0.25) is 0 Å². The van der Waals surface area contributed by atoms with Crippen molar-refractivity contribution in [1.29, 1.82) is 0 Å². The number of nitrogens with zero attached hydrogens (tertiary/aromatic N) is 2. The maximum Gasteiger partial charge on any atom is 0.138 e. The maximum absolute atomic E-state index is 4.23. The van der Waals surface area contributed by atoms with Crippen molar-refractivity contribution in [3.8, 4) is 0 Å². The molecular formula is C11H15N3. The first kappa shape index (κ1) is 9.06. The third kappa shape index (κ3) is 1.87. The van der Waals surface area contributed by atoms with Gasteiger partial charge in [-0.15, -0.1) is 0 Å². The van der Waals surface area contributed by atoms with Crippen LogP contribution in [0.15, 0.2) is 30.7 Å². The Morgan fingerprint density at radius 3 is 3.21 bits per heavy atom. The van der Waals surface area contributed by atoms with Gasteiger partial charge < -0.3 is 9.72 Å². The van der Waals surface area contributed by atoms with Crippen LogP contribution in [0.1, 0.15) is 19.8 Å². The van der Waals surface area contributed by atoms with Crippen molar-refractivity contribution < 1.29 is 0 Å². The third-order valence-electron chi connectivity index (χ3n) is 2.26. The predicted octanol–water partition coefficient (Wildman–Crippen LogP) is 2.55. The van der Waals surface area contributed by atoms with Gasteiger partial charge in [0.25, 0.3) is 0 Å². The van der Waals surface area contributed by atoms with E-state index < -0.39 is 0 Å². The SMILES string of the molecule is CCCCNc1ccn2ccnc2c1. The highest BCUT2D eigenvalue weighted by Gasteiger charge is 1.95. The summed E-state index contributed by atoms with van der Waals surface area (Å²) in [6.45, 7) is 3.23. The lowest BCUT2D eigenvalue weighted by atomic mass is 10.3. The monoisotopic (exact) mass is 189 g/mol. The smallest absolute Gasteiger partial charge is 0.138 e. The molecule has 0 aromatic carbocycles. The molecule has 0 aliphatic rings. The zero-order valence-electron chi connectivity index (χ0n) is 8.40. The Labute approximate surface area is 83.8 Å². The van der Waals surface area contributed by atoms with Gasteiger partial charge in [-0.3, -0.25) is 0 Å². The second-order valence-electron chi connectivity index (χ2n) is 3.39. The summed E-state index contributed by atoms with van der Waals surface area (Å²) < 4.78 is 2.00. The minimum absolute atomic E-state index is 0.992. The van der Waals surface area contributed by atoms with E-state index in [1.165, 1.54) is 12.8 Å². The number of hydrogen-bond acceptors (Lipinski definition) is 2. The van der Waals surface area contributed by atoms with Crippen molar-refractivity contribution >= 4 is 11.3 Å². The molecule has 0 radical (unpaired) electrons. The largest absolute Gasteiger partial charge is 0.385 e. The van der Waals surface area contributed by atoms with Gasteiger partial charge in [-0.2, -0.15) is 0 Å². The van der Waals surface area contributed by atoms with E-state index in [1.807, 2.05) is 23.0 Å². The Morgan fingerprint density at radius 1 is 1.43 bits per heavy atom. The average molecular weight is 189 g/mol. The quantitative estimate of drug-likeness (QED) is 0.749. The predicted molar refractivity (Wildman–Crippen MR) is 58.6 cm³/mol. The van der Waals surface area contributed by atoms with Gasteiger partial charge in [-0.1, -0.05) is 13.3 Å². The molecule has 74 valence electrons. The van der Waals surface area contributed by atoms with Crippen LogP contribution in [0.2, 0.25) is 0 Å². The van der Waals surface area contributed by atoms with Crippen molar-refractivity contribution in [3.05, 3.63) is 30.7 Å². The van der Waals surface area contributed by atoms with Crippen LogP contribution in [0.4, 0.5) is 5.69 Å². The fourth-order valence-electron chi connectivity index (χ4n) is 1.43. The van der Waals surface area contributed by atoms with Crippen LogP contribution < -0.4 is 5.32 Å². The Kier molecular flexibility index (Phi) is 2.68. The Morgan fingerprint density at radius 2 is 2.36 bits per heavy atom. The van der Waals surface area contributed by atoms with E-state index in [0.717, 1.165) is 17.9 Å². The molecule has 0 atom stereocenters. The van der Waals surface area contributed by atoms with Crippen LogP contribution in [0.25, 0.3) is 5.65 Å². The van der Waals surface area contributed by atoms with Crippen molar-refractivity contribution in [3.63, 3.8) is 0 Å². The minimum atomic E-state index is 0.992. The number of aromatic nitrogens is 2. The van der Waals surface area contributed by atoms with Crippen molar-refractivity contribution in [2.45, 2.75) is 19.8 Å². The molecule has 0 saturated heterocycles. The van der Waals surface area contributed by atoms with Gasteiger partial charge in [-0.05, 0) is 12.5 Å². The van der Waals surface area contributed by atoms with Gasteiger partial charge >= 0.3 is 0 Å². The van der Waals surface area contributed by atoms with Crippen molar-refractivity contribution in [1.82, 2.24) is 9.38 Å². The molecule has 2 heterocycles. The van der Waals surface area contributed by atoms with E-state index in [-0.39, 0.29) is 0 Å². The first-order valence-electron chi connectivity index (χ1n) is 5.07. The fourth-order valence-corrected chi connectivity index (χ4v) is 1.43. The van der Waals surface area contributed by atoms with E-state index >= 15 is 0 Å². The molecule has 2 aromatic heterocycles. The van der Waals surface area contributed by atoms with Crippen LogP contribution in [-0.4, -0.2) is 15.9 Å². The number of pyridine rings is 1. The third-order valence-corrected chi connectivity index (χ3v) is 2.26. The second-order valence-corrected chi connectivity index (χ2v) is 3.39. The van der Waals surface area contributed by atoms with E-state index in [0.29, 0.717) is 0 Å². The topological polar surface area (TPSA) is 29.3 Å². The molecule has 2 aromatic rings. The van der Waals surface area contributed by atoms with Crippen LogP contribution in [0, 0.1) is 0 Å². The summed E-state index contributed by atoms with van der Waals surface area (Å²) in [7, 11) is 0. The van der Waals surface area contributed by atoms with Gasteiger partial charge in [0, 0.05) is 36.9 Å². The molecule has 0 bridgehead atoms. The molecule has 3 nitrogen and oxygen atoms in total. The molecule has 3 heteroatoms. The average Bonchev–Trinajstić information content (AvgIpc) is 2.65. The van der Waals surface area contributed by atoms with E-state index in [2.05, 4.69) is 29.4 Å². The number of rotatable bonds is 4. The van der Waals surface area contributed by atoms with E-state index in [1.54, 1.807) is 0 Å². The molecule has 0 aliphatic carbocycles. The lowest BCUT2D eigenvalue weighted by Crippen LogP contribution is -2.01. The van der Waals surface area contributed by atoms with Crippen molar-refractivity contribution in [2.24, 2.45) is 0 Å². The summed E-state index contributed by atoms with van der Waals surface area (Å²) in [6, 6.07) is 4.14. The zero-order chi connectivity index (χ0) is 9.80. The normalized spacial score (nSPS) is 10.6. The van der Waals surface area contributed by atoms with Crippen LogP contribution in [0.3, 0.4) is 0 Å². The number of nitrogens with one attached hydrogen (secondary N) is 1. The van der Waals surface area contributed by atoms with Gasteiger partial charge in [0.1, 0.15) is 5.65 Å². The number of unbranched alkanes of at least 4 members (excludes halogenated alkanes) is 1. The Bertz CT molecular complexity index is 406. The first-order chi connectivity index (χ1) is 6.90. The summed E-state index contributed by atoms with van der Waals surface area (Å²) in [5.41, 5.74) is 2.14. The van der Waals surface area contributed by atoms with Gasteiger partial charge in [0.05, 0.1) is 0 Å². The standard InChI is InChI=1S/C11H15N3/c1-2-3-5-12-10-4-7-14-8-6-13-11(14)9-10/h4,6-9,12H,2-3,5H2,1H3. The molecule has 0 spiro atoms. The van der Waals surface area contributed by atoms with Gasteiger partial charge in [-0.25, -0.2) is 4.98 Å². The molecule has 2 rings (SSSR count). The lowest BCUT2D eigenvalue weighted by molar-refractivity contribution is 0.834. The number of imidazole rings is 1. The molecule has 14 heavy (non-hydrogen) atoms. The van der Waals surface area contributed by atoms with Gasteiger partial charge in [0.15, 0.2) is 0 Å².